The number of hydrogen-bond donors (Lipinski definition) is 0. The molecule has 1 nitrogen and oxygen atoms in total. The predicted molar refractivity (Wildman–Crippen MR) is 66.6 cm³/mol. The smallest absolute Gasteiger partial charge is 0.0495 e. The van der Waals surface area contributed by atoms with E-state index in [0.29, 0.717) is 0 Å². The van der Waals surface area contributed by atoms with Gasteiger partial charge in [0.2, 0.25) is 0 Å². The van der Waals surface area contributed by atoms with Gasteiger partial charge in [0.05, 0.1) is 0 Å². The molecule has 0 saturated heterocycles. The molecule has 0 saturated carbocycles. The van der Waals surface area contributed by atoms with E-state index in [0.717, 1.165) is 5.02 Å². The SMILES string of the molecule is Cn1ccc2c(C(C)(C)C)cc(Cl)cc21. The van der Waals surface area contributed by atoms with Crippen LogP contribution in [0.15, 0.2) is 24.4 Å². The molecule has 0 aliphatic rings. The summed E-state index contributed by atoms with van der Waals surface area (Å²) < 4.78 is 2.11. The number of fused-ring (bicyclic) bond motifs is 1. The van der Waals surface area contributed by atoms with Gasteiger partial charge in [-0.25, -0.2) is 0 Å². The number of rotatable bonds is 0. The van der Waals surface area contributed by atoms with Gasteiger partial charge in [-0.3, -0.25) is 0 Å². The van der Waals surface area contributed by atoms with E-state index in [9.17, 15) is 0 Å². The highest BCUT2D eigenvalue weighted by Crippen LogP contribution is 2.33. The van der Waals surface area contributed by atoms with Crippen molar-refractivity contribution in [3.63, 3.8) is 0 Å². The van der Waals surface area contributed by atoms with E-state index in [1.54, 1.807) is 0 Å². The normalized spacial score (nSPS) is 12.3. The van der Waals surface area contributed by atoms with Crippen LogP contribution in [-0.2, 0) is 12.5 Å². The molecule has 0 spiro atoms. The number of aromatic nitrogens is 1. The molecule has 2 aromatic rings. The standard InChI is InChI=1S/C13H16ClN/c1-13(2,3)11-7-9(14)8-12-10(11)5-6-15(12)4/h5-8H,1-4H3. The first-order chi connectivity index (χ1) is 6.89. The van der Waals surface area contributed by atoms with Gasteiger partial charge in [-0.1, -0.05) is 32.4 Å². The van der Waals surface area contributed by atoms with E-state index >= 15 is 0 Å². The van der Waals surface area contributed by atoms with Gasteiger partial charge in [-0.05, 0) is 29.2 Å². The summed E-state index contributed by atoms with van der Waals surface area (Å²) in [7, 11) is 2.05. The molecule has 0 bridgehead atoms. The van der Waals surface area contributed by atoms with E-state index in [1.807, 2.05) is 13.1 Å². The number of nitrogens with zero attached hydrogens (tertiary/aromatic N) is 1. The predicted octanol–water partition coefficient (Wildman–Crippen LogP) is 4.13. The van der Waals surface area contributed by atoms with Gasteiger partial charge in [0.1, 0.15) is 0 Å². The van der Waals surface area contributed by atoms with E-state index in [4.69, 9.17) is 11.6 Å². The lowest BCUT2D eigenvalue weighted by atomic mass is 9.85. The second-order valence-electron chi connectivity index (χ2n) is 5.06. The minimum absolute atomic E-state index is 0.129. The molecule has 2 heteroatoms. The first-order valence-corrected chi connectivity index (χ1v) is 5.52. The Morgan fingerprint density at radius 3 is 2.47 bits per heavy atom. The molecule has 1 aromatic carbocycles. The molecule has 0 aliphatic carbocycles. The maximum Gasteiger partial charge on any atom is 0.0495 e. The molecule has 15 heavy (non-hydrogen) atoms. The fraction of sp³-hybridized carbons (Fsp3) is 0.385. The Morgan fingerprint density at radius 2 is 1.87 bits per heavy atom. The third kappa shape index (κ3) is 1.76. The second kappa shape index (κ2) is 3.28. The fourth-order valence-electron chi connectivity index (χ4n) is 1.96. The summed E-state index contributed by atoms with van der Waals surface area (Å²) >= 11 is 6.15. The van der Waals surface area contributed by atoms with E-state index in [1.165, 1.54) is 16.5 Å². The van der Waals surface area contributed by atoms with Crippen LogP contribution >= 0.6 is 11.6 Å². The van der Waals surface area contributed by atoms with Crippen molar-refractivity contribution in [2.45, 2.75) is 26.2 Å². The van der Waals surface area contributed by atoms with Gasteiger partial charge in [0.15, 0.2) is 0 Å². The van der Waals surface area contributed by atoms with E-state index in [2.05, 4.69) is 43.7 Å². The van der Waals surface area contributed by atoms with Crippen LogP contribution in [0.3, 0.4) is 0 Å². The van der Waals surface area contributed by atoms with Gasteiger partial charge in [-0.2, -0.15) is 0 Å². The van der Waals surface area contributed by atoms with Gasteiger partial charge < -0.3 is 4.57 Å². The Bertz CT molecular complexity index is 503. The van der Waals surface area contributed by atoms with Crippen LogP contribution < -0.4 is 0 Å². The molecule has 0 fully saturated rings. The molecule has 1 heterocycles. The fourth-order valence-corrected chi connectivity index (χ4v) is 2.17. The molecule has 1 aromatic heterocycles. The zero-order valence-corrected chi connectivity index (χ0v) is 10.4. The summed E-state index contributed by atoms with van der Waals surface area (Å²) in [4.78, 5) is 0. The number of halogens is 1. The van der Waals surface area contributed by atoms with Crippen LogP contribution in [0.2, 0.25) is 5.02 Å². The first-order valence-electron chi connectivity index (χ1n) is 5.14. The summed E-state index contributed by atoms with van der Waals surface area (Å²) in [5.74, 6) is 0. The zero-order valence-electron chi connectivity index (χ0n) is 9.63. The average Bonchev–Trinajstić information content (AvgIpc) is 2.45. The van der Waals surface area contributed by atoms with Crippen LogP contribution in [0, 0.1) is 0 Å². The maximum absolute atomic E-state index is 6.15. The number of benzene rings is 1. The lowest BCUT2D eigenvalue weighted by molar-refractivity contribution is 0.596. The summed E-state index contributed by atoms with van der Waals surface area (Å²) in [5, 5.41) is 2.11. The van der Waals surface area contributed by atoms with Crippen LogP contribution in [0.4, 0.5) is 0 Å². The minimum Gasteiger partial charge on any atom is -0.350 e. The minimum atomic E-state index is 0.129. The monoisotopic (exact) mass is 221 g/mol. The molecule has 0 atom stereocenters. The molecule has 0 N–H and O–H groups in total. The van der Waals surface area contributed by atoms with Gasteiger partial charge in [0, 0.05) is 29.2 Å². The Morgan fingerprint density at radius 1 is 1.20 bits per heavy atom. The highest BCUT2D eigenvalue weighted by Gasteiger charge is 2.18. The van der Waals surface area contributed by atoms with Crippen molar-refractivity contribution < 1.29 is 0 Å². The van der Waals surface area contributed by atoms with Crippen LogP contribution in [0.25, 0.3) is 10.9 Å². The van der Waals surface area contributed by atoms with E-state index < -0.39 is 0 Å². The topological polar surface area (TPSA) is 4.93 Å². The maximum atomic E-state index is 6.15. The van der Waals surface area contributed by atoms with E-state index in [-0.39, 0.29) is 5.41 Å². The van der Waals surface area contributed by atoms with Gasteiger partial charge in [0.25, 0.3) is 0 Å². The highest BCUT2D eigenvalue weighted by molar-refractivity contribution is 6.31. The molecular weight excluding hydrogens is 206 g/mol. The summed E-state index contributed by atoms with van der Waals surface area (Å²) in [5.41, 5.74) is 2.64. The molecule has 80 valence electrons. The Labute approximate surface area is 95.7 Å². The van der Waals surface area contributed by atoms with Crippen LogP contribution in [0.5, 0.6) is 0 Å². The molecule has 0 aliphatic heterocycles. The molecule has 0 amide bonds. The number of aryl methyl sites for hydroxylation is 1. The van der Waals surface area contributed by atoms with Crippen molar-refractivity contribution in [3.05, 3.63) is 35.0 Å². The van der Waals surface area contributed by atoms with Crippen molar-refractivity contribution in [2.24, 2.45) is 7.05 Å². The summed E-state index contributed by atoms with van der Waals surface area (Å²) in [6, 6.07) is 6.25. The van der Waals surface area contributed by atoms with Crippen molar-refractivity contribution in [2.75, 3.05) is 0 Å². The lowest BCUT2D eigenvalue weighted by Gasteiger charge is -2.20. The first kappa shape index (κ1) is 10.6. The highest BCUT2D eigenvalue weighted by atomic mass is 35.5. The average molecular weight is 222 g/mol. The van der Waals surface area contributed by atoms with Crippen LogP contribution in [0.1, 0.15) is 26.3 Å². The summed E-state index contributed by atoms with van der Waals surface area (Å²) in [6.45, 7) is 6.64. The van der Waals surface area contributed by atoms with Crippen molar-refractivity contribution in [3.8, 4) is 0 Å². The third-order valence-electron chi connectivity index (χ3n) is 2.78. The van der Waals surface area contributed by atoms with Crippen molar-refractivity contribution in [1.82, 2.24) is 4.57 Å². The largest absolute Gasteiger partial charge is 0.350 e. The van der Waals surface area contributed by atoms with Crippen LogP contribution in [-0.4, -0.2) is 4.57 Å². The second-order valence-corrected chi connectivity index (χ2v) is 5.50. The molecule has 0 radical (unpaired) electrons. The molecule has 0 unspecified atom stereocenters. The quantitative estimate of drug-likeness (QED) is 0.631. The van der Waals surface area contributed by atoms with Gasteiger partial charge >= 0.3 is 0 Å². The molecule has 2 rings (SSSR count). The Balaban J connectivity index is 2.84. The Hall–Kier alpha value is -0.950. The number of hydrogen-bond acceptors (Lipinski definition) is 0. The van der Waals surface area contributed by atoms with Crippen molar-refractivity contribution >= 4 is 22.5 Å². The summed E-state index contributed by atoms with van der Waals surface area (Å²) in [6.07, 6.45) is 2.08. The zero-order chi connectivity index (χ0) is 11.2. The molecular formula is C13H16ClN. The van der Waals surface area contributed by atoms with Crippen molar-refractivity contribution in [1.29, 1.82) is 0 Å². The lowest BCUT2D eigenvalue weighted by Crippen LogP contribution is -2.11. The van der Waals surface area contributed by atoms with Gasteiger partial charge in [-0.15, -0.1) is 0 Å². The Kier molecular flexibility index (Phi) is 2.31. The third-order valence-corrected chi connectivity index (χ3v) is 2.99.